The molecule has 0 spiro atoms. The molecule has 4 heteroatoms. The van der Waals surface area contributed by atoms with Crippen LogP contribution in [0.1, 0.15) is 20.8 Å². The largest absolute Gasteiger partial charge is 0.383 e. The summed E-state index contributed by atoms with van der Waals surface area (Å²) in [6, 6.07) is 0.0736. The van der Waals surface area contributed by atoms with Gasteiger partial charge in [-0.3, -0.25) is 4.99 Å². The van der Waals surface area contributed by atoms with Crippen LogP contribution in [0.25, 0.3) is 0 Å². The van der Waals surface area contributed by atoms with Gasteiger partial charge in [-0.1, -0.05) is 12.7 Å². The molecule has 0 rings (SSSR count). The third kappa shape index (κ3) is 6.69. The fourth-order valence-corrected chi connectivity index (χ4v) is 1.38. The topological polar surface area (TPSA) is 42.8 Å². The highest BCUT2D eigenvalue weighted by molar-refractivity contribution is 5.97. The number of nitrogens with zero attached hydrogens (tertiary/aromatic N) is 1. The van der Waals surface area contributed by atoms with Crippen LogP contribution < -0.4 is 5.32 Å². The molecule has 1 atom stereocenters. The molecule has 0 amide bonds. The molecule has 0 aromatic carbocycles. The Morgan fingerprint density at radius 3 is 2.44 bits per heavy atom. The van der Waals surface area contributed by atoms with Gasteiger partial charge in [0.1, 0.15) is 0 Å². The first kappa shape index (κ1) is 17.0. The zero-order valence-corrected chi connectivity index (χ0v) is 12.2. The van der Waals surface area contributed by atoms with E-state index >= 15 is 0 Å². The van der Waals surface area contributed by atoms with E-state index in [0.717, 1.165) is 23.5 Å². The molecule has 0 saturated carbocycles. The summed E-state index contributed by atoms with van der Waals surface area (Å²) in [6.45, 7) is 11.8. The van der Waals surface area contributed by atoms with Gasteiger partial charge in [0.25, 0.3) is 0 Å². The molecular weight excluding hydrogens is 228 g/mol. The maximum Gasteiger partial charge on any atom is 0.0730 e. The average molecular weight is 254 g/mol. The Morgan fingerprint density at radius 2 is 2.00 bits per heavy atom. The minimum Gasteiger partial charge on any atom is -0.383 e. The summed E-state index contributed by atoms with van der Waals surface area (Å²) in [4.78, 5) is 4.59. The molecule has 0 aliphatic heterocycles. The van der Waals surface area contributed by atoms with Gasteiger partial charge in [0.15, 0.2) is 0 Å². The lowest BCUT2D eigenvalue weighted by molar-refractivity contribution is 0.162. The molecule has 0 aromatic heterocycles. The summed E-state index contributed by atoms with van der Waals surface area (Å²) in [5.41, 5.74) is 2.88. The Hall–Kier alpha value is -0.970. The van der Waals surface area contributed by atoms with E-state index < -0.39 is 0 Å². The van der Waals surface area contributed by atoms with Gasteiger partial charge in [-0.05, 0) is 26.3 Å². The fraction of sp³-hybridized carbons (Fsp3) is 0.643. The van der Waals surface area contributed by atoms with E-state index in [-0.39, 0.29) is 6.04 Å². The van der Waals surface area contributed by atoms with E-state index in [1.165, 1.54) is 0 Å². The first-order valence-corrected chi connectivity index (χ1v) is 6.15. The second-order valence-corrected chi connectivity index (χ2v) is 4.15. The van der Waals surface area contributed by atoms with Crippen molar-refractivity contribution >= 4 is 5.71 Å². The number of hydrogen-bond donors (Lipinski definition) is 1. The predicted octanol–water partition coefficient (Wildman–Crippen LogP) is 2.18. The zero-order chi connectivity index (χ0) is 14.0. The first-order chi connectivity index (χ1) is 8.56. The van der Waals surface area contributed by atoms with Crippen LogP contribution in [0.3, 0.4) is 0 Å². The summed E-state index contributed by atoms with van der Waals surface area (Å²) in [6.07, 6.45) is 2.00. The highest BCUT2D eigenvalue weighted by Gasteiger charge is 2.12. The van der Waals surface area contributed by atoms with Crippen molar-refractivity contribution in [3.63, 3.8) is 0 Å². The van der Waals surface area contributed by atoms with E-state index in [4.69, 9.17) is 9.47 Å². The van der Waals surface area contributed by atoms with Gasteiger partial charge in [0.2, 0.25) is 0 Å². The van der Waals surface area contributed by atoms with Crippen LogP contribution in [-0.2, 0) is 9.47 Å². The Balaban J connectivity index is 4.72. The van der Waals surface area contributed by atoms with E-state index in [9.17, 15) is 0 Å². The maximum absolute atomic E-state index is 5.22. The SMILES string of the molecule is C=C(C)C(C)=N/C(=C\C)C(COC)NCCOC. The quantitative estimate of drug-likeness (QED) is 0.506. The van der Waals surface area contributed by atoms with Crippen molar-refractivity contribution in [1.82, 2.24) is 5.32 Å². The number of nitrogens with one attached hydrogen (secondary N) is 1. The van der Waals surface area contributed by atoms with Crippen molar-refractivity contribution in [3.8, 4) is 0 Å². The van der Waals surface area contributed by atoms with E-state index in [1.807, 2.05) is 26.8 Å². The Bertz CT molecular complexity index is 309. The predicted molar refractivity (Wildman–Crippen MR) is 77.2 cm³/mol. The van der Waals surface area contributed by atoms with Crippen LogP contribution in [0.4, 0.5) is 0 Å². The molecule has 1 N–H and O–H groups in total. The van der Waals surface area contributed by atoms with Crippen molar-refractivity contribution in [2.45, 2.75) is 26.8 Å². The van der Waals surface area contributed by atoms with Crippen LogP contribution >= 0.6 is 0 Å². The number of ether oxygens (including phenoxy) is 2. The molecule has 18 heavy (non-hydrogen) atoms. The van der Waals surface area contributed by atoms with Crippen molar-refractivity contribution in [2.24, 2.45) is 4.99 Å². The fourth-order valence-electron chi connectivity index (χ4n) is 1.38. The number of methoxy groups -OCH3 is 2. The molecule has 0 saturated heterocycles. The Labute approximate surface area is 111 Å². The average Bonchev–Trinajstić information content (AvgIpc) is 2.34. The molecule has 0 bridgehead atoms. The summed E-state index contributed by atoms with van der Waals surface area (Å²) < 4.78 is 10.3. The second-order valence-electron chi connectivity index (χ2n) is 4.15. The van der Waals surface area contributed by atoms with Gasteiger partial charge in [-0.15, -0.1) is 0 Å². The summed E-state index contributed by atoms with van der Waals surface area (Å²) in [5.74, 6) is 0. The Kier molecular flexibility index (Phi) is 9.46. The van der Waals surface area contributed by atoms with Crippen LogP contribution in [-0.4, -0.2) is 45.7 Å². The minimum atomic E-state index is 0.0736. The summed E-state index contributed by atoms with van der Waals surface area (Å²) >= 11 is 0. The number of rotatable bonds is 9. The van der Waals surface area contributed by atoms with Crippen molar-refractivity contribution in [1.29, 1.82) is 0 Å². The van der Waals surface area contributed by atoms with Gasteiger partial charge in [-0.25, -0.2) is 0 Å². The lowest BCUT2D eigenvalue weighted by atomic mass is 10.2. The number of hydrogen-bond acceptors (Lipinski definition) is 4. The first-order valence-electron chi connectivity index (χ1n) is 6.15. The zero-order valence-electron chi connectivity index (χ0n) is 12.2. The summed E-state index contributed by atoms with van der Waals surface area (Å²) in [5, 5.41) is 3.36. The molecule has 0 aliphatic carbocycles. The van der Waals surface area contributed by atoms with Gasteiger partial charge in [-0.2, -0.15) is 0 Å². The molecule has 104 valence electrons. The smallest absolute Gasteiger partial charge is 0.0730 e. The molecule has 0 aliphatic rings. The summed E-state index contributed by atoms with van der Waals surface area (Å²) in [7, 11) is 3.38. The van der Waals surface area contributed by atoms with E-state index in [0.29, 0.717) is 13.2 Å². The van der Waals surface area contributed by atoms with E-state index in [1.54, 1.807) is 14.2 Å². The molecule has 0 radical (unpaired) electrons. The van der Waals surface area contributed by atoms with Gasteiger partial charge in [0.05, 0.1) is 25.0 Å². The molecule has 4 nitrogen and oxygen atoms in total. The third-order valence-corrected chi connectivity index (χ3v) is 2.60. The van der Waals surface area contributed by atoms with Gasteiger partial charge >= 0.3 is 0 Å². The maximum atomic E-state index is 5.22. The molecule has 0 fully saturated rings. The third-order valence-electron chi connectivity index (χ3n) is 2.60. The lowest BCUT2D eigenvalue weighted by Gasteiger charge is -2.19. The van der Waals surface area contributed by atoms with Crippen LogP contribution in [0.2, 0.25) is 0 Å². The van der Waals surface area contributed by atoms with Crippen LogP contribution in [0.5, 0.6) is 0 Å². The molecule has 0 heterocycles. The number of allylic oxidation sites excluding steroid dienone is 2. The highest BCUT2D eigenvalue weighted by Crippen LogP contribution is 2.08. The minimum absolute atomic E-state index is 0.0736. The van der Waals surface area contributed by atoms with Crippen molar-refractivity contribution in [2.75, 3.05) is 34.0 Å². The van der Waals surface area contributed by atoms with Crippen molar-refractivity contribution in [3.05, 3.63) is 23.9 Å². The molecule has 1 unspecified atom stereocenters. The van der Waals surface area contributed by atoms with Crippen LogP contribution in [0, 0.1) is 0 Å². The van der Waals surface area contributed by atoms with Gasteiger partial charge in [0, 0.05) is 26.5 Å². The standard InChI is InChI=1S/C14H26N2O2/c1-7-13(16-12(4)11(2)3)14(10-18-6)15-8-9-17-5/h7,14-15H,2,8-10H2,1,3-6H3/b13-7-,16-12?. The highest BCUT2D eigenvalue weighted by atomic mass is 16.5. The molecule has 0 aromatic rings. The van der Waals surface area contributed by atoms with Crippen molar-refractivity contribution < 1.29 is 9.47 Å². The number of aliphatic imine (C=N–C) groups is 1. The monoisotopic (exact) mass is 254 g/mol. The lowest BCUT2D eigenvalue weighted by Crippen LogP contribution is -2.36. The Morgan fingerprint density at radius 1 is 1.33 bits per heavy atom. The van der Waals surface area contributed by atoms with E-state index in [2.05, 4.69) is 16.9 Å². The molecular formula is C14H26N2O2. The van der Waals surface area contributed by atoms with Crippen LogP contribution in [0.15, 0.2) is 28.9 Å². The van der Waals surface area contributed by atoms with Gasteiger partial charge < -0.3 is 14.8 Å². The normalized spacial score (nSPS) is 14.7. The second kappa shape index (κ2) is 10.00.